The van der Waals surface area contributed by atoms with Gasteiger partial charge in [0.1, 0.15) is 18.9 Å². The maximum absolute atomic E-state index is 11.9. The van der Waals surface area contributed by atoms with Crippen molar-refractivity contribution in [3.63, 3.8) is 0 Å². The molecule has 0 aromatic carbocycles. The van der Waals surface area contributed by atoms with Crippen LogP contribution in [0.2, 0.25) is 0 Å². The fourth-order valence-corrected chi connectivity index (χ4v) is 2.17. The average Bonchev–Trinajstić information content (AvgIpc) is 2.83. The van der Waals surface area contributed by atoms with Crippen molar-refractivity contribution >= 4 is 0 Å². The number of nitrogens with one attached hydrogen (secondary N) is 1. The SMILES string of the molecule is C#CCOc1cn(C2CC(O)(N=[N+]=[N-])C(CO)O2)c(=O)[nH]c1=O. The molecular weight excluding hydrogens is 310 g/mol. The van der Waals surface area contributed by atoms with E-state index in [9.17, 15) is 19.8 Å². The highest BCUT2D eigenvalue weighted by molar-refractivity contribution is 5.14. The topological polar surface area (TPSA) is 163 Å². The lowest BCUT2D eigenvalue weighted by Crippen LogP contribution is -2.38. The molecule has 11 nitrogen and oxygen atoms in total. The Bertz CT molecular complexity index is 788. The Labute approximate surface area is 128 Å². The molecule has 3 N–H and O–H groups in total. The molecule has 1 saturated heterocycles. The van der Waals surface area contributed by atoms with E-state index < -0.39 is 35.9 Å². The number of hydrogen-bond acceptors (Lipinski definition) is 7. The van der Waals surface area contributed by atoms with Gasteiger partial charge in [0.15, 0.2) is 5.72 Å². The smallest absolute Gasteiger partial charge is 0.330 e. The predicted octanol–water partition coefficient (Wildman–Crippen LogP) is -1.17. The minimum Gasteiger partial charge on any atom is -0.474 e. The van der Waals surface area contributed by atoms with E-state index in [1.54, 1.807) is 0 Å². The molecule has 0 aliphatic carbocycles. The summed E-state index contributed by atoms with van der Waals surface area (Å²) < 4.78 is 11.3. The third kappa shape index (κ3) is 3.20. The van der Waals surface area contributed by atoms with Gasteiger partial charge in [0, 0.05) is 11.3 Å². The average molecular weight is 323 g/mol. The molecule has 0 amide bonds. The van der Waals surface area contributed by atoms with E-state index >= 15 is 0 Å². The van der Waals surface area contributed by atoms with Gasteiger partial charge in [-0.05, 0) is 5.53 Å². The minimum atomic E-state index is -2.02. The van der Waals surface area contributed by atoms with Gasteiger partial charge in [-0.3, -0.25) is 14.3 Å². The van der Waals surface area contributed by atoms with E-state index in [2.05, 4.69) is 15.9 Å². The summed E-state index contributed by atoms with van der Waals surface area (Å²) in [5, 5.41) is 22.6. The van der Waals surface area contributed by atoms with E-state index in [4.69, 9.17) is 21.4 Å². The molecule has 3 atom stereocenters. The summed E-state index contributed by atoms with van der Waals surface area (Å²) in [6, 6.07) is 0. The summed E-state index contributed by atoms with van der Waals surface area (Å²) in [5.74, 6) is 1.95. The molecule has 2 heterocycles. The Balaban J connectivity index is 2.39. The highest BCUT2D eigenvalue weighted by atomic mass is 16.6. The molecule has 11 heteroatoms. The second-order valence-corrected chi connectivity index (χ2v) is 4.69. The molecule has 3 unspecified atom stereocenters. The molecule has 0 spiro atoms. The molecule has 1 aromatic rings. The second kappa shape index (κ2) is 6.55. The van der Waals surface area contributed by atoms with Gasteiger partial charge in [0.2, 0.25) is 5.75 Å². The number of aromatic nitrogens is 2. The van der Waals surface area contributed by atoms with Crippen LogP contribution in [0.5, 0.6) is 5.75 Å². The van der Waals surface area contributed by atoms with Gasteiger partial charge >= 0.3 is 5.69 Å². The molecule has 23 heavy (non-hydrogen) atoms. The summed E-state index contributed by atoms with van der Waals surface area (Å²) in [6.45, 7) is -0.820. The number of aliphatic hydroxyl groups excluding tert-OH is 1. The van der Waals surface area contributed by atoms with Gasteiger partial charge in [-0.15, -0.1) is 6.42 Å². The summed E-state index contributed by atoms with van der Waals surface area (Å²) in [4.78, 5) is 28.0. The van der Waals surface area contributed by atoms with Crippen molar-refractivity contribution in [2.24, 2.45) is 5.11 Å². The zero-order valence-electron chi connectivity index (χ0n) is 11.7. The van der Waals surface area contributed by atoms with Crippen molar-refractivity contribution in [3.05, 3.63) is 37.5 Å². The number of aromatic amines is 1. The predicted molar refractivity (Wildman–Crippen MR) is 75.4 cm³/mol. The Hall–Kier alpha value is -2.77. The van der Waals surface area contributed by atoms with Gasteiger partial charge in [-0.2, -0.15) is 0 Å². The Kier molecular flexibility index (Phi) is 4.73. The molecule has 0 saturated carbocycles. The third-order valence-electron chi connectivity index (χ3n) is 3.25. The maximum Gasteiger partial charge on any atom is 0.330 e. The molecule has 1 aliphatic rings. The fraction of sp³-hybridized carbons (Fsp3) is 0.500. The molecule has 1 aromatic heterocycles. The summed E-state index contributed by atoms with van der Waals surface area (Å²) >= 11 is 0. The second-order valence-electron chi connectivity index (χ2n) is 4.69. The van der Waals surface area contributed by atoms with Gasteiger partial charge < -0.3 is 19.7 Å². The minimum absolute atomic E-state index is 0.186. The van der Waals surface area contributed by atoms with E-state index in [1.807, 2.05) is 4.98 Å². The zero-order chi connectivity index (χ0) is 17.0. The number of rotatable bonds is 5. The summed E-state index contributed by atoms with van der Waals surface area (Å²) in [5.41, 5.74) is 4.88. The van der Waals surface area contributed by atoms with Crippen LogP contribution in [0.1, 0.15) is 12.6 Å². The molecule has 0 radical (unpaired) electrons. The highest BCUT2D eigenvalue weighted by Crippen LogP contribution is 2.37. The van der Waals surface area contributed by atoms with E-state index in [0.29, 0.717) is 0 Å². The van der Waals surface area contributed by atoms with Crippen LogP contribution in [0.25, 0.3) is 10.4 Å². The summed E-state index contributed by atoms with van der Waals surface area (Å²) in [7, 11) is 0. The number of aliphatic hydroxyl groups is 2. The number of terminal acetylenes is 1. The number of ether oxygens (including phenoxy) is 2. The normalized spacial score (nSPS) is 26.3. The monoisotopic (exact) mass is 323 g/mol. The first-order valence-corrected chi connectivity index (χ1v) is 6.42. The van der Waals surface area contributed by atoms with E-state index in [-0.39, 0.29) is 18.8 Å². The first-order chi connectivity index (χ1) is 10.9. The number of H-pyrrole nitrogens is 1. The van der Waals surface area contributed by atoms with Crippen LogP contribution in [0.15, 0.2) is 20.9 Å². The van der Waals surface area contributed by atoms with Crippen LogP contribution >= 0.6 is 0 Å². The van der Waals surface area contributed by atoms with Crippen LogP contribution in [-0.2, 0) is 4.74 Å². The number of hydrogen-bond donors (Lipinski definition) is 3. The number of azide groups is 1. The van der Waals surface area contributed by atoms with Crippen molar-refractivity contribution in [3.8, 4) is 18.1 Å². The first-order valence-electron chi connectivity index (χ1n) is 6.42. The summed E-state index contributed by atoms with van der Waals surface area (Å²) in [6.07, 6.45) is 3.49. The van der Waals surface area contributed by atoms with Crippen molar-refractivity contribution in [1.82, 2.24) is 9.55 Å². The number of nitrogens with zero attached hydrogens (tertiary/aromatic N) is 4. The van der Waals surface area contributed by atoms with Crippen LogP contribution in [-0.4, -0.2) is 44.8 Å². The lowest BCUT2D eigenvalue weighted by molar-refractivity contribution is -0.0798. The van der Waals surface area contributed by atoms with Crippen LogP contribution in [0.4, 0.5) is 0 Å². The Morgan fingerprint density at radius 3 is 3.04 bits per heavy atom. The van der Waals surface area contributed by atoms with Crippen molar-refractivity contribution in [2.75, 3.05) is 13.2 Å². The standard InChI is InChI=1S/C12H13N5O6/c1-2-3-22-7-5-17(11(20)14-10(7)19)9-4-12(21,15-16-13)8(6-18)23-9/h1,5,8-9,18,21H,3-4,6H2,(H,14,19,20). The van der Waals surface area contributed by atoms with Gasteiger partial charge in [-0.25, -0.2) is 4.79 Å². The molecule has 1 aliphatic heterocycles. The van der Waals surface area contributed by atoms with Crippen molar-refractivity contribution in [1.29, 1.82) is 0 Å². The fourth-order valence-electron chi connectivity index (χ4n) is 2.17. The lowest BCUT2D eigenvalue weighted by Gasteiger charge is -2.19. The zero-order valence-corrected chi connectivity index (χ0v) is 11.7. The van der Waals surface area contributed by atoms with Crippen molar-refractivity contribution in [2.45, 2.75) is 24.5 Å². The maximum atomic E-state index is 11.9. The van der Waals surface area contributed by atoms with Crippen LogP contribution < -0.4 is 16.0 Å². The molecule has 122 valence electrons. The van der Waals surface area contributed by atoms with Crippen LogP contribution in [0, 0.1) is 12.3 Å². The molecule has 2 rings (SSSR count). The molecule has 1 fully saturated rings. The van der Waals surface area contributed by atoms with Gasteiger partial charge in [0.05, 0.1) is 12.8 Å². The third-order valence-corrected chi connectivity index (χ3v) is 3.25. The first kappa shape index (κ1) is 16.6. The lowest BCUT2D eigenvalue weighted by atomic mass is 10.1. The van der Waals surface area contributed by atoms with E-state index in [0.717, 1.165) is 10.8 Å². The van der Waals surface area contributed by atoms with Gasteiger partial charge in [0.25, 0.3) is 5.56 Å². The molecule has 0 bridgehead atoms. The van der Waals surface area contributed by atoms with Crippen LogP contribution in [0.3, 0.4) is 0 Å². The largest absolute Gasteiger partial charge is 0.474 e. The highest BCUT2D eigenvalue weighted by Gasteiger charge is 2.47. The quantitative estimate of drug-likeness (QED) is 0.267. The van der Waals surface area contributed by atoms with E-state index in [1.165, 1.54) is 0 Å². The Morgan fingerprint density at radius 1 is 1.70 bits per heavy atom. The van der Waals surface area contributed by atoms with Crippen molar-refractivity contribution < 1.29 is 19.7 Å². The molecular formula is C12H13N5O6. The van der Waals surface area contributed by atoms with Gasteiger partial charge in [-0.1, -0.05) is 11.0 Å². The Morgan fingerprint density at radius 2 is 2.43 bits per heavy atom.